The minimum Gasteiger partial charge on any atom is -0.454 e. The first-order valence-corrected chi connectivity index (χ1v) is 7.02. The molecule has 0 radical (unpaired) electrons. The van der Waals surface area contributed by atoms with Crippen LogP contribution < -0.4 is 10.6 Å². The molecule has 1 atom stereocenters. The maximum absolute atomic E-state index is 13.4. The van der Waals surface area contributed by atoms with Gasteiger partial charge in [-0.15, -0.1) is 0 Å². The third-order valence-electron chi connectivity index (χ3n) is 3.30. The maximum atomic E-state index is 13.4. The molecule has 1 aliphatic heterocycles. The molecule has 2 rings (SSSR count). The highest BCUT2D eigenvalue weighted by molar-refractivity contribution is 5.89. The summed E-state index contributed by atoms with van der Waals surface area (Å²) in [5.74, 6) is -1.60. The number of rotatable bonds is 6. The molecule has 1 aromatic rings. The van der Waals surface area contributed by atoms with Crippen LogP contribution >= 0.6 is 0 Å². The van der Waals surface area contributed by atoms with Crippen molar-refractivity contribution in [2.24, 2.45) is 0 Å². The number of carbonyl (C=O) groups is 3. The molecule has 0 aliphatic carbocycles. The Labute approximate surface area is 127 Å². The van der Waals surface area contributed by atoms with E-state index < -0.39 is 24.5 Å². The summed E-state index contributed by atoms with van der Waals surface area (Å²) in [5.41, 5.74) is 0.508. The second-order valence-corrected chi connectivity index (χ2v) is 4.96. The van der Waals surface area contributed by atoms with Crippen LogP contribution in [0.1, 0.15) is 18.4 Å². The summed E-state index contributed by atoms with van der Waals surface area (Å²) in [6.45, 7) is -0.167. The van der Waals surface area contributed by atoms with Crippen LogP contribution in [-0.4, -0.2) is 37.0 Å². The van der Waals surface area contributed by atoms with Gasteiger partial charge in [-0.05, 0) is 24.5 Å². The van der Waals surface area contributed by atoms with Gasteiger partial charge in [-0.3, -0.25) is 9.59 Å². The lowest BCUT2D eigenvalue weighted by Crippen LogP contribution is -2.37. The Morgan fingerprint density at radius 2 is 2.14 bits per heavy atom. The molecular formula is C15H17FN2O4. The molecule has 1 heterocycles. The fraction of sp³-hybridized carbons (Fsp3) is 0.400. The van der Waals surface area contributed by atoms with Crippen molar-refractivity contribution in [2.45, 2.75) is 25.3 Å². The standard InChI is InChI=1S/C15H17FN2O4/c16-11-4-2-1-3-10(11)7-8-17-14(20)9-22-15(21)12-5-6-13(19)18-12/h1-4,12H,5-9H2,(H,17,20)(H,18,19)/t12-/m1/s1. The third-order valence-corrected chi connectivity index (χ3v) is 3.30. The zero-order valence-electron chi connectivity index (χ0n) is 11.9. The minimum absolute atomic E-state index is 0.198. The molecule has 6 nitrogen and oxygen atoms in total. The van der Waals surface area contributed by atoms with Crippen molar-refractivity contribution in [3.05, 3.63) is 35.6 Å². The number of halogens is 1. The fourth-order valence-corrected chi connectivity index (χ4v) is 2.12. The van der Waals surface area contributed by atoms with Gasteiger partial charge < -0.3 is 15.4 Å². The van der Waals surface area contributed by atoms with Crippen molar-refractivity contribution in [1.29, 1.82) is 0 Å². The topological polar surface area (TPSA) is 84.5 Å². The summed E-state index contributed by atoms with van der Waals surface area (Å²) in [6, 6.07) is 5.65. The summed E-state index contributed by atoms with van der Waals surface area (Å²) in [6.07, 6.45) is 1.02. The molecule has 1 aromatic carbocycles. The zero-order chi connectivity index (χ0) is 15.9. The van der Waals surface area contributed by atoms with Gasteiger partial charge in [-0.2, -0.15) is 0 Å². The highest BCUT2D eigenvalue weighted by atomic mass is 19.1. The average molecular weight is 308 g/mol. The van der Waals surface area contributed by atoms with Crippen molar-refractivity contribution in [1.82, 2.24) is 10.6 Å². The van der Waals surface area contributed by atoms with Gasteiger partial charge in [0.25, 0.3) is 5.91 Å². The lowest BCUT2D eigenvalue weighted by atomic mass is 10.1. The first kappa shape index (κ1) is 15.9. The van der Waals surface area contributed by atoms with Crippen LogP contribution in [0.4, 0.5) is 4.39 Å². The van der Waals surface area contributed by atoms with Crippen molar-refractivity contribution in [3.8, 4) is 0 Å². The summed E-state index contributed by atoms with van der Waals surface area (Å²) in [5, 5.41) is 5.00. The van der Waals surface area contributed by atoms with Crippen LogP contribution in [-0.2, 0) is 25.5 Å². The van der Waals surface area contributed by atoms with Gasteiger partial charge in [0.15, 0.2) is 6.61 Å². The van der Waals surface area contributed by atoms with Gasteiger partial charge in [0.05, 0.1) is 0 Å². The molecule has 1 fully saturated rings. The number of hydrogen-bond acceptors (Lipinski definition) is 4. The molecule has 2 N–H and O–H groups in total. The van der Waals surface area contributed by atoms with Crippen LogP contribution in [0.15, 0.2) is 24.3 Å². The molecule has 0 aromatic heterocycles. The fourth-order valence-electron chi connectivity index (χ4n) is 2.12. The van der Waals surface area contributed by atoms with Crippen molar-refractivity contribution >= 4 is 17.8 Å². The van der Waals surface area contributed by atoms with E-state index in [2.05, 4.69) is 10.6 Å². The van der Waals surface area contributed by atoms with Gasteiger partial charge in [-0.1, -0.05) is 18.2 Å². The molecule has 0 saturated carbocycles. The van der Waals surface area contributed by atoms with Crippen molar-refractivity contribution in [2.75, 3.05) is 13.2 Å². The van der Waals surface area contributed by atoms with E-state index in [9.17, 15) is 18.8 Å². The zero-order valence-corrected chi connectivity index (χ0v) is 11.9. The van der Waals surface area contributed by atoms with Gasteiger partial charge in [0, 0.05) is 13.0 Å². The van der Waals surface area contributed by atoms with Crippen LogP contribution in [0.2, 0.25) is 0 Å². The van der Waals surface area contributed by atoms with Gasteiger partial charge >= 0.3 is 5.97 Å². The first-order valence-electron chi connectivity index (χ1n) is 7.02. The molecule has 1 saturated heterocycles. The van der Waals surface area contributed by atoms with E-state index >= 15 is 0 Å². The Hall–Kier alpha value is -2.44. The molecule has 0 unspecified atom stereocenters. The molecule has 0 bridgehead atoms. The van der Waals surface area contributed by atoms with E-state index in [1.165, 1.54) is 6.07 Å². The van der Waals surface area contributed by atoms with E-state index in [4.69, 9.17) is 4.74 Å². The van der Waals surface area contributed by atoms with E-state index in [1.807, 2.05) is 0 Å². The van der Waals surface area contributed by atoms with Gasteiger partial charge in [-0.25, -0.2) is 9.18 Å². The number of nitrogens with one attached hydrogen (secondary N) is 2. The molecule has 7 heteroatoms. The summed E-state index contributed by atoms with van der Waals surface area (Å²) in [4.78, 5) is 34.1. The van der Waals surface area contributed by atoms with Crippen LogP contribution in [0.3, 0.4) is 0 Å². The smallest absolute Gasteiger partial charge is 0.329 e. The number of amides is 2. The lowest BCUT2D eigenvalue weighted by molar-refractivity contribution is -0.150. The van der Waals surface area contributed by atoms with E-state index in [1.54, 1.807) is 18.2 Å². The van der Waals surface area contributed by atoms with Crippen LogP contribution in [0.5, 0.6) is 0 Å². The summed E-state index contributed by atoms with van der Waals surface area (Å²) < 4.78 is 18.2. The highest BCUT2D eigenvalue weighted by Gasteiger charge is 2.28. The second-order valence-electron chi connectivity index (χ2n) is 4.96. The number of esters is 1. The Bertz CT molecular complexity index is 576. The Balaban J connectivity index is 1.65. The van der Waals surface area contributed by atoms with E-state index in [0.29, 0.717) is 18.4 Å². The molecule has 2 amide bonds. The predicted octanol–water partition coefficient (Wildman–Crippen LogP) is 0.306. The van der Waals surface area contributed by atoms with Crippen LogP contribution in [0.25, 0.3) is 0 Å². The quantitative estimate of drug-likeness (QED) is 0.741. The third kappa shape index (κ3) is 4.54. The second kappa shape index (κ2) is 7.53. The van der Waals surface area contributed by atoms with Gasteiger partial charge in [0.1, 0.15) is 11.9 Å². The largest absolute Gasteiger partial charge is 0.454 e. The molecule has 22 heavy (non-hydrogen) atoms. The normalized spacial score (nSPS) is 17.0. The van der Waals surface area contributed by atoms with E-state index in [-0.39, 0.29) is 24.7 Å². The summed E-state index contributed by atoms with van der Waals surface area (Å²) in [7, 11) is 0. The Morgan fingerprint density at radius 3 is 2.82 bits per heavy atom. The molecular weight excluding hydrogens is 291 g/mol. The molecule has 118 valence electrons. The van der Waals surface area contributed by atoms with Gasteiger partial charge in [0.2, 0.25) is 5.91 Å². The van der Waals surface area contributed by atoms with Crippen LogP contribution in [0, 0.1) is 5.82 Å². The van der Waals surface area contributed by atoms with Crippen molar-refractivity contribution < 1.29 is 23.5 Å². The average Bonchev–Trinajstić information content (AvgIpc) is 2.93. The van der Waals surface area contributed by atoms with Crippen molar-refractivity contribution in [3.63, 3.8) is 0 Å². The number of hydrogen-bond donors (Lipinski definition) is 2. The monoisotopic (exact) mass is 308 g/mol. The Kier molecular flexibility index (Phi) is 5.46. The maximum Gasteiger partial charge on any atom is 0.329 e. The molecule has 0 spiro atoms. The summed E-state index contributed by atoms with van der Waals surface area (Å²) >= 11 is 0. The number of benzene rings is 1. The first-order chi connectivity index (χ1) is 10.6. The SMILES string of the molecule is O=C(COC(=O)[C@H]1CCC(=O)N1)NCCc1ccccc1F. The Morgan fingerprint density at radius 1 is 1.36 bits per heavy atom. The van der Waals surface area contributed by atoms with E-state index in [0.717, 1.165) is 0 Å². The minimum atomic E-state index is -0.668. The predicted molar refractivity (Wildman–Crippen MR) is 75.2 cm³/mol. The lowest BCUT2D eigenvalue weighted by Gasteiger charge is -2.10. The molecule has 1 aliphatic rings. The number of carbonyl (C=O) groups excluding carboxylic acids is 3. The number of ether oxygens (including phenoxy) is 1. The highest BCUT2D eigenvalue weighted by Crippen LogP contribution is 2.08.